The summed E-state index contributed by atoms with van der Waals surface area (Å²) in [5.41, 5.74) is 7.60. The molecular weight excluding hydrogens is 240 g/mol. The number of hydrogen-bond donors (Lipinski definition) is 1. The Bertz CT molecular complexity index is 526. The number of carbonyl (C=O) groups excluding carboxylic acids is 1. The second-order valence-corrected chi connectivity index (χ2v) is 5.36. The van der Waals surface area contributed by atoms with Crippen molar-refractivity contribution in [1.29, 1.82) is 5.26 Å². The van der Waals surface area contributed by atoms with Gasteiger partial charge in [0.25, 0.3) is 0 Å². The Morgan fingerprint density at radius 2 is 2.37 bits per heavy atom. The first-order valence-electron chi connectivity index (χ1n) is 6.66. The summed E-state index contributed by atoms with van der Waals surface area (Å²) in [6.07, 6.45) is 2.24. The summed E-state index contributed by atoms with van der Waals surface area (Å²) in [6, 6.07) is 3.71. The van der Waals surface area contributed by atoms with Crippen LogP contribution in [0.15, 0.2) is 6.07 Å². The van der Waals surface area contributed by atoms with Crippen LogP contribution in [0.4, 0.5) is 5.69 Å². The Balaban J connectivity index is 2.13. The lowest BCUT2D eigenvalue weighted by molar-refractivity contribution is -0.133. The molecular formula is C14H20N4O. The number of piperidine rings is 1. The smallest absolute Gasteiger partial charge is 0.242 e. The van der Waals surface area contributed by atoms with Gasteiger partial charge in [0.15, 0.2) is 0 Å². The average molecular weight is 260 g/mol. The molecule has 19 heavy (non-hydrogen) atoms. The SMILES string of the molecule is Cc1c(N)cc(C#N)n1CC(=O)N1CCC[C@@H](C)C1. The normalized spacial score (nSPS) is 19.2. The van der Waals surface area contributed by atoms with E-state index in [0.29, 0.717) is 17.3 Å². The number of likely N-dealkylation sites (tertiary alicyclic amines) is 1. The van der Waals surface area contributed by atoms with Crippen LogP contribution in [0.3, 0.4) is 0 Å². The fourth-order valence-electron chi connectivity index (χ4n) is 2.61. The zero-order valence-electron chi connectivity index (χ0n) is 11.5. The van der Waals surface area contributed by atoms with Crippen molar-refractivity contribution in [1.82, 2.24) is 9.47 Å². The van der Waals surface area contributed by atoms with E-state index in [2.05, 4.69) is 13.0 Å². The van der Waals surface area contributed by atoms with Gasteiger partial charge in [0.05, 0.1) is 5.69 Å². The largest absolute Gasteiger partial charge is 0.397 e. The number of anilines is 1. The average Bonchev–Trinajstić information content (AvgIpc) is 2.66. The number of carbonyl (C=O) groups is 1. The van der Waals surface area contributed by atoms with E-state index in [-0.39, 0.29) is 12.5 Å². The van der Waals surface area contributed by atoms with Crippen LogP contribution >= 0.6 is 0 Å². The van der Waals surface area contributed by atoms with Crippen LogP contribution in [0, 0.1) is 24.2 Å². The molecule has 0 spiro atoms. The van der Waals surface area contributed by atoms with Crippen LogP contribution in [0.25, 0.3) is 0 Å². The molecule has 1 atom stereocenters. The summed E-state index contributed by atoms with van der Waals surface area (Å²) in [5.74, 6) is 0.630. The number of hydrogen-bond acceptors (Lipinski definition) is 3. The molecule has 0 radical (unpaired) electrons. The third-order valence-corrected chi connectivity index (χ3v) is 3.82. The maximum Gasteiger partial charge on any atom is 0.242 e. The van der Waals surface area contributed by atoms with Gasteiger partial charge in [-0.25, -0.2) is 0 Å². The van der Waals surface area contributed by atoms with E-state index in [4.69, 9.17) is 11.0 Å². The number of nitrogen functional groups attached to an aromatic ring is 1. The molecule has 1 fully saturated rings. The highest BCUT2D eigenvalue weighted by atomic mass is 16.2. The molecule has 0 saturated carbocycles. The predicted octanol–water partition coefficient (Wildman–Crippen LogP) is 1.51. The Kier molecular flexibility index (Phi) is 3.79. The van der Waals surface area contributed by atoms with Crippen molar-refractivity contribution in [3.05, 3.63) is 17.5 Å². The van der Waals surface area contributed by atoms with Crippen LogP contribution < -0.4 is 5.73 Å². The molecule has 1 aromatic rings. The van der Waals surface area contributed by atoms with Crippen molar-refractivity contribution in [2.45, 2.75) is 33.2 Å². The van der Waals surface area contributed by atoms with E-state index in [1.807, 2.05) is 11.8 Å². The molecule has 1 saturated heterocycles. The summed E-state index contributed by atoms with van der Waals surface area (Å²) in [5, 5.41) is 9.07. The standard InChI is InChI=1S/C14H20N4O/c1-10-4-3-5-17(8-10)14(19)9-18-11(2)13(16)6-12(18)7-15/h6,10H,3-5,8-9,16H2,1-2H3/t10-/m1/s1. The van der Waals surface area contributed by atoms with Crippen LogP contribution in [0.2, 0.25) is 0 Å². The molecule has 1 aliphatic heterocycles. The van der Waals surface area contributed by atoms with E-state index in [1.54, 1.807) is 10.6 Å². The van der Waals surface area contributed by atoms with Gasteiger partial charge in [0.2, 0.25) is 5.91 Å². The summed E-state index contributed by atoms with van der Waals surface area (Å²) < 4.78 is 1.71. The number of nitrogens with two attached hydrogens (primary N) is 1. The first kappa shape index (κ1) is 13.5. The van der Waals surface area contributed by atoms with Crippen molar-refractivity contribution < 1.29 is 4.79 Å². The quantitative estimate of drug-likeness (QED) is 0.875. The highest BCUT2D eigenvalue weighted by Gasteiger charge is 2.22. The minimum absolute atomic E-state index is 0.0711. The third-order valence-electron chi connectivity index (χ3n) is 3.82. The Labute approximate surface area is 113 Å². The maximum absolute atomic E-state index is 12.3. The van der Waals surface area contributed by atoms with Gasteiger partial charge in [0.1, 0.15) is 18.3 Å². The van der Waals surface area contributed by atoms with Crippen LogP contribution in [-0.2, 0) is 11.3 Å². The number of aromatic nitrogens is 1. The molecule has 2 rings (SSSR count). The van der Waals surface area contributed by atoms with Crippen molar-refractivity contribution in [3.8, 4) is 6.07 Å². The minimum Gasteiger partial charge on any atom is -0.397 e. The summed E-state index contributed by atoms with van der Waals surface area (Å²) >= 11 is 0. The monoisotopic (exact) mass is 260 g/mol. The second-order valence-electron chi connectivity index (χ2n) is 5.36. The van der Waals surface area contributed by atoms with Crippen LogP contribution in [-0.4, -0.2) is 28.5 Å². The molecule has 5 nitrogen and oxygen atoms in total. The van der Waals surface area contributed by atoms with Gasteiger partial charge < -0.3 is 15.2 Å². The lowest BCUT2D eigenvalue weighted by atomic mass is 10.0. The molecule has 2 heterocycles. The minimum atomic E-state index is 0.0711. The van der Waals surface area contributed by atoms with Crippen molar-refractivity contribution >= 4 is 11.6 Å². The first-order chi connectivity index (χ1) is 9.02. The highest BCUT2D eigenvalue weighted by Crippen LogP contribution is 2.19. The Morgan fingerprint density at radius 3 is 3.00 bits per heavy atom. The third kappa shape index (κ3) is 2.73. The number of rotatable bonds is 2. The number of amides is 1. The van der Waals surface area contributed by atoms with Gasteiger partial charge in [-0.05, 0) is 31.7 Å². The molecule has 5 heteroatoms. The molecule has 0 aromatic carbocycles. The van der Waals surface area contributed by atoms with Crippen molar-refractivity contribution in [2.24, 2.45) is 5.92 Å². The van der Waals surface area contributed by atoms with Gasteiger partial charge in [-0.2, -0.15) is 5.26 Å². The van der Waals surface area contributed by atoms with Gasteiger partial charge in [-0.1, -0.05) is 6.92 Å². The molecule has 0 unspecified atom stereocenters. The van der Waals surface area contributed by atoms with E-state index in [9.17, 15) is 4.79 Å². The molecule has 0 bridgehead atoms. The first-order valence-corrected chi connectivity index (χ1v) is 6.66. The predicted molar refractivity (Wildman–Crippen MR) is 73.3 cm³/mol. The fraction of sp³-hybridized carbons (Fsp3) is 0.571. The van der Waals surface area contributed by atoms with Crippen LogP contribution in [0.5, 0.6) is 0 Å². The molecule has 2 N–H and O–H groups in total. The van der Waals surface area contributed by atoms with E-state index in [0.717, 1.165) is 25.2 Å². The maximum atomic E-state index is 12.3. The molecule has 1 aromatic heterocycles. The summed E-state index contributed by atoms with van der Waals surface area (Å²) in [4.78, 5) is 14.2. The Morgan fingerprint density at radius 1 is 1.63 bits per heavy atom. The zero-order chi connectivity index (χ0) is 14.0. The number of nitrogens with zero attached hydrogens (tertiary/aromatic N) is 3. The second kappa shape index (κ2) is 5.35. The molecule has 1 aliphatic rings. The van der Waals surface area contributed by atoms with Gasteiger partial charge in [-0.15, -0.1) is 0 Å². The fourth-order valence-corrected chi connectivity index (χ4v) is 2.61. The van der Waals surface area contributed by atoms with Crippen molar-refractivity contribution in [3.63, 3.8) is 0 Å². The lowest BCUT2D eigenvalue weighted by Crippen LogP contribution is -2.41. The topological polar surface area (TPSA) is 75.0 Å². The van der Waals surface area contributed by atoms with Gasteiger partial charge >= 0.3 is 0 Å². The molecule has 1 amide bonds. The summed E-state index contributed by atoms with van der Waals surface area (Å²) in [7, 11) is 0. The van der Waals surface area contributed by atoms with E-state index < -0.39 is 0 Å². The molecule has 0 aliphatic carbocycles. The van der Waals surface area contributed by atoms with Crippen LogP contribution in [0.1, 0.15) is 31.2 Å². The molecule has 102 valence electrons. The highest BCUT2D eigenvalue weighted by molar-refractivity contribution is 5.76. The summed E-state index contributed by atoms with van der Waals surface area (Å²) in [6.45, 7) is 5.84. The van der Waals surface area contributed by atoms with Gasteiger partial charge in [0, 0.05) is 18.8 Å². The van der Waals surface area contributed by atoms with Crippen molar-refractivity contribution in [2.75, 3.05) is 18.8 Å². The van der Waals surface area contributed by atoms with E-state index >= 15 is 0 Å². The zero-order valence-corrected chi connectivity index (χ0v) is 11.5. The van der Waals surface area contributed by atoms with Gasteiger partial charge in [-0.3, -0.25) is 4.79 Å². The lowest BCUT2D eigenvalue weighted by Gasteiger charge is -2.31. The van der Waals surface area contributed by atoms with E-state index in [1.165, 1.54) is 6.42 Å². The Hall–Kier alpha value is -1.96. The number of nitriles is 1.